The predicted octanol–water partition coefficient (Wildman–Crippen LogP) is 3.14. The summed E-state index contributed by atoms with van der Waals surface area (Å²) in [5.41, 5.74) is 1.56. The molecule has 1 heterocycles. The van der Waals surface area contributed by atoms with E-state index in [9.17, 15) is 22.0 Å². The van der Waals surface area contributed by atoms with E-state index >= 15 is 0 Å². The summed E-state index contributed by atoms with van der Waals surface area (Å²) in [6.07, 6.45) is 0.0823. The van der Waals surface area contributed by atoms with Crippen LogP contribution in [0.3, 0.4) is 0 Å². The summed E-state index contributed by atoms with van der Waals surface area (Å²) in [5, 5.41) is 8.36. The van der Waals surface area contributed by atoms with E-state index in [4.69, 9.17) is 16.7 Å². The lowest BCUT2D eigenvalue weighted by molar-refractivity contribution is -0.137. The molecule has 0 bridgehead atoms. The first kappa shape index (κ1) is 21.6. The average molecular weight is 444 g/mol. The maximum atomic E-state index is 13.7. The fraction of sp³-hybridized carbons (Fsp3) is 0.316. The molecule has 0 spiro atoms. The van der Waals surface area contributed by atoms with Gasteiger partial charge in [0.25, 0.3) is 0 Å². The number of carbonyl (C=O) groups is 1. The molecule has 0 fully saturated rings. The molecule has 0 saturated heterocycles. The molecule has 2 aromatic carbocycles. The van der Waals surface area contributed by atoms with Crippen LogP contribution in [0.25, 0.3) is 0 Å². The van der Waals surface area contributed by atoms with Gasteiger partial charge >= 0.3 is 6.05 Å². The van der Waals surface area contributed by atoms with Gasteiger partial charge in [-0.3, -0.25) is 4.79 Å². The van der Waals surface area contributed by atoms with Gasteiger partial charge in [-0.1, -0.05) is 29.8 Å². The fourth-order valence-electron chi connectivity index (χ4n) is 3.34. The lowest BCUT2D eigenvalue weighted by atomic mass is 9.98. The van der Waals surface area contributed by atoms with Crippen molar-refractivity contribution in [3.63, 3.8) is 0 Å². The van der Waals surface area contributed by atoms with Crippen molar-refractivity contribution in [1.82, 2.24) is 4.90 Å². The number of fused-ring (bicyclic) bond motifs is 1. The minimum absolute atomic E-state index is 0.00275. The van der Waals surface area contributed by atoms with Crippen molar-refractivity contribution < 1.29 is 22.0 Å². The standard InChI is InChI=1S/C19H20ClF2N3O3S/c1-19(21,22)25-7-6-15-13(11-25)8-14(10-17(15)29(23,27)28)24-18(26)9-12-4-2-3-5-16(12)20/h2-5,8,10H,6-7,9,11H2,1H3,(H,24,26)(H2,23,27,28). The molecule has 3 rings (SSSR count). The summed E-state index contributed by atoms with van der Waals surface area (Å²) in [6, 6.07) is 6.55. The van der Waals surface area contributed by atoms with Crippen LogP contribution >= 0.6 is 11.6 Å². The minimum atomic E-state index is -4.10. The number of primary sulfonamides is 1. The first-order valence-corrected chi connectivity index (χ1v) is 10.7. The van der Waals surface area contributed by atoms with Crippen molar-refractivity contribution in [3.05, 3.63) is 58.1 Å². The molecule has 1 aliphatic rings. The number of sulfonamides is 1. The minimum Gasteiger partial charge on any atom is -0.326 e. The smallest absolute Gasteiger partial charge is 0.302 e. The number of alkyl halides is 2. The van der Waals surface area contributed by atoms with Gasteiger partial charge in [0.2, 0.25) is 15.9 Å². The summed E-state index contributed by atoms with van der Waals surface area (Å²) in [5.74, 6) is -0.424. The molecular formula is C19H20ClF2N3O3S. The van der Waals surface area contributed by atoms with Crippen LogP contribution in [0.15, 0.2) is 41.3 Å². The Labute approximate surface area is 172 Å². The van der Waals surface area contributed by atoms with Gasteiger partial charge in [-0.2, -0.15) is 8.78 Å². The Morgan fingerprint density at radius 3 is 2.62 bits per heavy atom. The van der Waals surface area contributed by atoms with Gasteiger partial charge in [-0.15, -0.1) is 0 Å². The van der Waals surface area contributed by atoms with Gasteiger partial charge in [-0.05, 0) is 41.3 Å². The van der Waals surface area contributed by atoms with Crippen LogP contribution in [0.1, 0.15) is 23.6 Å². The molecule has 3 N–H and O–H groups in total. The Kier molecular flexibility index (Phi) is 5.96. The third-order valence-corrected chi connectivity index (χ3v) is 6.09. The Bertz CT molecular complexity index is 1060. The van der Waals surface area contributed by atoms with Gasteiger partial charge in [0.15, 0.2) is 0 Å². The van der Waals surface area contributed by atoms with Gasteiger partial charge < -0.3 is 5.32 Å². The van der Waals surface area contributed by atoms with Gasteiger partial charge in [0.1, 0.15) is 0 Å². The number of amides is 1. The highest BCUT2D eigenvalue weighted by Gasteiger charge is 2.35. The first-order chi connectivity index (χ1) is 13.4. The zero-order valence-corrected chi connectivity index (χ0v) is 17.2. The largest absolute Gasteiger partial charge is 0.326 e. The van der Waals surface area contributed by atoms with E-state index in [0.29, 0.717) is 21.7 Å². The highest BCUT2D eigenvalue weighted by molar-refractivity contribution is 7.89. The Balaban J connectivity index is 1.92. The number of anilines is 1. The maximum absolute atomic E-state index is 13.7. The number of nitrogens with one attached hydrogen (secondary N) is 1. The van der Waals surface area contributed by atoms with Crippen molar-refractivity contribution >= 4 is 33.2 Å². The predicted molar refractivity (Wildman–Crippen MR) is 106 cm³/mol. The number of nitrogens with zero attached hydrogens (tertiary/aromatic N) is 1. The molecule has 6 nitrogen and oxygen atoms in total. The van der Waals surface area contributed by atoms with Crippen LogP contribution in [0.5, 0.6) is 0 Å². The number of rotatable bonds is 5. The van der Waals surface area contributed by atoms with E-state index in [1.807, 2.05) is 0 Å². The van der Waals surface area contributed by atoms with Gasteiger partial charge in [0.05, 0.1) is 11.3 Å². The third kappa shape index (κ3) is 5.11. The van der Waals surface area contributed by atoms with E-state index < -0.39 is 22.0 Å². The maximum Gasteiger partial charge on any atom is 0.302 e. The molecule has 2 aromatic rings. The van der Waals surface area contributed by atoms with E-state index in [-0.39, 0.29) is 36.5 Å². The van der Waals surface area contributed by atoms with Gasteiger partial charge in [0, 0.05) is 30.7 Å². The summed E-state index contributed by atoms with van der Waals surface area (Å²) in [6.45, 7) is 0.626. The third-order valence-electron chi connectivity index (χ3n) is 4.75. The summed E-state index contributed by atoms with van der Waals surface area (Å²) in [4.78, 5) is 13.2. The molecule has 156 valence electrons. The average Bonchev–Trinajstić information content (AvgIpc) is 2.61. The Morgan fingerprint density at radius 1 is 1.31 bits per heavy atom. The lowest BCUT2D eigenvalue weighted by Gasteiger charge is -2.34. The summed E-state index contributed by atoms with van der Waals surface area (Å²) < 4.78 is 51.5. The molecule has 29 heavy (non-hydrogen) atoms. The van der Waals surface area contributed by atoms with Crippen LogP contribution in [0.2, 0.25) is 5.02 Å². The fourth-order valence-corrected chi connectivity index (χ4v) is 4.41. The Morgan fingerprint density at radius 2 is 2.00 bits per heavy atom. The quantitative estimate of drug-likeness (QED) is 0.694. The molecule has 0 aliphatic carbocycles. The van der Waals surface area contributed by atoms with Crippen molar-refractivity contribution in [2.45, 2.75) is 37.3 Å². The second-order valence-corrected chi connectivity index (χ2v) is 8.92. The summed E-state index contributed by atoms with van der Waals surface area (Å²) in [7, 11) is -4.10. The number of hydrogen-bond acceptors (Lipinski definition) is 4. The van der Waals surface area contributed by atoms with E-state index in [1.165, 1.54) is 12.1 Å². The van der Waals surface area contributed by atoms with Crippen LogP contribution in [0.4, 0.5) is 14.5 Å². The van der Waals surface area contributed by atoms with E-state index in [1.54, 1.807) is 24.3 Å². The van der Waals surface area contributed by atoms with Crippen molar-refractivity contribution in [3.8, 4) is 0 Å². The molecule has 1 amide bonds. The van der Waals surface area contributed by atoms with Crippen molar-refractivity contribution in [2.75, 3.05) is 11.9 Å². The molecule has 0 aromatic heterocycles. The topological polar surface area (TPSA) is 92.5 Å². The van der Waals surface area contributed by atoms with Crippen LogP contribution in [-0.4, -0.2) is 31.8 Å². The highest BCUT2D eigenvalue weighted by Crippen LogP contribution is 2.33. The monoisotopic (exact) mass is 443 g/mol. The summed E-state index contributed by atoms with van der Waals surface area (Å²) >= 11 is 6.06. The zero-order valence-electron chi connectivity index (χ0n) is 15.6. The molecular weight excluding hydrogens is 424 g/mol. The SMILES string of the molecule is CC(F)(F)N1CCc2c(cc(NC(=O)Cc3ccccc3Cl)cc2S(N)(=O)=O)C1. The van der Waals surface area contributed by atoms with Crippen molar-refractivity contribution in [1.29, 1.82) is 0 Å². The second-order valence-electron chi connectivity index (χ2n) is 6.99. The first-order valence-electron chi connectivity index (χ1n) is 8.80. The lowest BCUT2D eigenvalue weighted by Crippen LogP contribution is -2.42. The van der Waals surface area contributed by atoms with Crippen LogP contribution in [-0.2, 0) is 34.2 Å². The van der Waals surface area contributed by atoms with Crippen molar-refractivity contribution in [2.24, 2.45) is 5.14 Å². The number of carbonyl (C=O) groups excluding carboxylic acids is 1. The molecule has 0 saturated carbocycles. The zero-order chi connectivity index (χ0) is 21.4. The van der Waals surface area contributed by atoms with E-state index in [2.05, 4.69) is 5.32 Å². The number of halogens is 3. The molecule has 0 unspecified atom stereocenters. The number of hydrogen-bond donors (Lipinski definition) is 2. The highest BCUT2D eigenvalue weighted by atomic mass is 35.5. The molecule has 0 atom stereocenters. The molecule has 1 aliphatic heterocycles. The Hall–Kier alpha value is -2.07. The number of nitrogens with two attached hydrogens (primary N) is 1. The molecule has 10 heteroatoms. The number of benzene rings is 2. The van der Waals surface area contributed by atoms with Crippen LogP contribution < -0.4 is 10.5 Å². The van der Waals surface area contributed by atoms with E-state index in [0.717, 1.165) is 11.8 Å². The normalized spacial score (nSPS) is 15.1. The van der Waals surface area contributed by atoms with Crippen LogP contribution in [0, 0.1) is 0 Å². The second kappa shape index (κ2) is 7.98. The van der Waals surface area contributed by atoms with Gasteiger partial charge in [-0.25, -0.2) is 18.5 Å². The molecule has 0 radical (unpaired) electrons.